The predicted octanol–water partition coefficient (Wildman–Crippen LogP) is 4.32. The Morgan fingerprint density at radius 3 is 2.53 bits per heavy atom. The molecule has 2 amide bonds. The zero-order valence-corrected chi connectivity index (χ0v) is 17.4. The largest absolute Gasteiger partial charge is 0.352 e. The van der Waals surface area contributed by atoms with Crippen LogP contribution in [-0.2, 0) is 4.79 Å². The molecule has 0 aliphatic rings. The van der Waals surface area contributed by atoms with Crippen molar-refractivity contribution in [2.24, 2.45) is 0 Å². The fourth-order valence-corrected chi connectivity index (χ4v) is 2.94. The van der Waals surface area contributed by atoms with Gasteiger partial charge in [-0.05, 0) is 37.1 Å². The maximum atomic E-state index is 12.5. The van der Waals surface area contributed by atoms with E-state index in [1.54, 1.807) is 12.1 Å². The smallest absolute Gasteiger partial charge is 0.260 e. The molecule has 0 saturated heterocycles. The van der Waals surface area contributed by atoms with E-state index in [2.05, 4.69) is 20.8 Å². The first-order valence-corrected chi connectivity index (χ1v) is 10.0. The number of carbonyl (C=O) groups is 2. The molecule has 0 aliphatic carbocycles. The number of rotatable bonds is 8. The van der Waals surface area contributed by atoms with E-state index < -0.39 is 0 Å². The van der Waals surface area contributed by atoms with Gasteiger partial charge in [-0.1, -0.05) is 49.3 Å². The van der Waals surface area contributed by atoms with Gasteiger partial charge in [0.2, 0.25) is 5.91 Å². The van der Waals surface area contributed by atoms with Gasteiger partial charge >= 0.3 is 0 Å². The number of hydrogen-bond acceptors (Lipinski definition) is 5. The molecule has 0 fully saturated rings. The zero-order chi connectivity index (χ0) is 21.5. The number of amides is 2. The highest BCUT2D eigenvalue weighted by atomic mass is 16.5. The molecule has 0 unspecified atom stereocenters. The summed E-state index contributed by atoms with van der Waals surface area (Å²) in [6.45, 7) is 6.32. The van der Waals surface area contributed by atoms with Crippen LogP contribution in [0.2, 0.25) is 0 Å². The van der Waals surface area contributed by atoms with Gasteiger partial charge in [-0.15, -0.1) is 0 Å². The summed E-state index contributed by atoms with van der Waals surface area (Å²) in [5.74, 6) is 0.875. The first-order valence-electron chi connectivity index (χ1n) is 10.0. The highest BCUT2D eigenvalue weighted by molar-refractivity contribution is 5.96. The molecule has 7 heteroatoms. The van der Waals surface area contributed by atoms with Gasteiger partial charge < -0.3 is 15.2 Å². The highest BCUT2D eigenvalue weighted by Crippen LogP contribution is 2.30. The molecule has 0 aliphatic heterocycles. The molecule has 7 nitrogen and oxygen atoms in total. The molecule has 0 spiro atoms. The lowest BCUT2D eigenvalue weighted by Crippen LogP contribution is -2.25. The maximum Gasteiger partial charge on any atom is 0.260 e. The van der Waals surface area contributed by atoms with Crippen molar-refractivity contribution in [2.45, 2.75) is 39.5 Å². The molecule has 1 aromatic heterocycles. The van der Waals surface area contributed by atoms with Crippen LogP contribution in [0.25, 0.3) is 11.5 Å². The van der Waals surface area contributed by atoms with Gasteiger partial charge in [0.25, 0.3) is 11.8 Å². The Morgan fingerprint density at radius 2 is 1.83 bits per heavy atom. The number of nitrogens with zero attached hydrogens (tertiary/aromatic N) is 2. The van der Waals surface area contributed by atoms with Gasteiger partial charge in [-0.3, -0.25) is 9.59 Å². The second-order valence-corrected chi connectivity index (χ2v) is 7.38. The quantitative estimate of drug-likeness (QED) is 0.543. The van der Waals surface area contributed by atoms with E-state index in [1.807, 2.05) is 57.2 Å². The monoisotopic (exact) mass is 406 g/mol. The van der Waals surface area contributed by atoms with Crippen LogP contribution in [0.15, 0.2) is 53.1 Å². The minimum Gasteiger partial charge on any atom is -0.352 e. The summed E-state index contributed by atoms with van der Waals surface area (Å²) in [5, 5.41) is 9.79. The Labute approximate surface area is 175 Å². The van der Waals surface area contributed by atoms with E-state index >= 15 is 0 Å². The van der Waals surface area contributed by atoms with Gasteiger partial charge in [-0.2, -0.15) is 4.98 Å². The van der Waals surface area contributed by atoms with Crippen LogP contribution in [0, 0.1) is 6.92 Å². The van der Waals surface area contributed by atoms with E-state index in [-0.39, 0.29) is 24.2 Å². The normalized spacial score (nSPS) is 10.8. The van der Waals surface area contributed by atoms with E-state index in [0.717, 1.165) is 5.56 Å². The van der Waals surface area contributed by atoms with Crippen molar-refractivity contribution in [3.05, 3.63) is 65.5 Å². The van der Waals surface area contributed by atoms with Gasteiger partial charge in [0.15, 0.2) is 5.82 Å². The lowest BCUT2D eigenvalue weighted by Gasteiger charge is -2.12. The topological polar surface area (TPSA) is 97.1 Å². The van der Waals surface area contributed by atoms with Crippen molar-refractivity contribution < 1.29 is 14.1 Å². The van der Waals surface area contributed by atoms with Crippen LogP contribution in [0.5, 0.6) is 0 Å². The summed E-state index contributed by atoms with van der Waals surface area (Å²) in [6, 6.07) is 14.6. The van der Waals surface area contributed by atoms with Crippen LogP contribution in [-0.4, -0.2) is 28.5 Å². The number of anilines is 1. The minimum absolute atomic E-state index is 0.136. The lowest BCUT2D eigenvalue weighted by atomic mass is 10.1. The second-order valence-electron chi connectivity index (χ2n) is 7.38. The molecule has 0 saturated carbocycles. The number of carbonyl (C=O) groups excluding carboxylic acids is 2. The van der Waals surface area contributed by atoms with Crippen LogP contribution >= 0.6 is 0 Å². The van der Waals surface area contributed by atoms with Gasteiger partial charge in [0, 0.05) is 24.4 Å². The fourth-order valence-electron chi connectivity index (χ4n) is 2.94. The third-order valence-electron chi connectivity index (χ3n) is 4.63. The first-order chi connectivity index (χ1) is 14.5. The molecule has 1 heterocycles. The Morgan fingerprint density at radius 1 is 1.07 bits per heavy atom. The molecule has 2 aromatic carbocycles. The van der Waals surface area contributed by atoms with E-state index in [4.69, 9.17) is 4.52 Å². The van der Waals surface area contributed by atoms with E-state index in [9.17, 15) is 9.59 Å². The molecule has 0 bridgehead atoms. The van der Waals surface area contributed by atoms with Gasteiger partial charge in [-0.25, -0.2) is 0 Å². The third kappa shape index (κ3) is 5.31. The van der Waals surface area contributed by atoms with Crippen molar-refractivity contribution in [3.8, 4) is 11.5 Å². The maximum absolute atomic E-state index is 12.5. The molecule has 2 N–H and O–H groups in total. The van der Waals surface area contributed by atoms with Gasteiger partial charge in [0.1, 0.15) is 0 Å². The summed E-state index contributed by atoms with van der Waals surface area (Å²) in [7, 11) is 0. The summed E-state index contributed by atoms with van der Waals surface area (Å²) in [4.78, 5) is 29.0. The Hall–Kier alpha value is -3.48. The lowest BCUT2D eigenvalue weighted by molar-refractivity contribution is -0.116. The highest BCUT2D eigenvalue weighted by Gasteiger charge is 2.17. The third-order valence-corrected chi connectivity index (χ3v) is 4.63. The Bertz CT molecular complexity index is 1010. The molecule has 0 atom stereocenters. The Balaban J connectivity index is 1.58. The molecule has 0 radical (unpaired) electrons. The molecular formula is C23H26N4O3. The second kappa shape index (κ2) is 9.82. The summed E-state index contributed by atoms with van der Waals surface area (Å²) in [5.41, 5.74) is 2.87. The number of benzene rings is 2. The molecular weight excluding hydrogens is 380 g/mol. The Kier molecular flexibility index (Phi) is 6.95. The van der Waals surface area contributed by atoms with Crippen LogP contribution in [0.1, 0.15) is 54.4 Å². The fraction of sp³-hybridized carbons (Fsp3) is 0.304. The summed E-state index contributed by atoms with van der Waals surface area (Å²) < 4.78 is 5.40. The van der Waals surface area contributed by atoms with Crippen LogP contribution < -0.4 is 10.6 Å². The zero-order valence-electron chi connectivity index (χ0n) is 17.4. The average molecular weight is 406 g/mol. The SMILES string of the molecule is Cc1cccc(-c2nc(C(C)C)no2)c1NC(=O)CCCNC(=O)c1ccccc1. The van der Waals surface area contributed by atoms with E-state index in [0.29, 0.717) is 41.5 Å². The number of nitrogens with one attached hydrogen (secondary N) is 2. The van der Waals surface area contributed by atoms with Crippen LogP contribution in [0.4, 0.5) is 5.69 Å². The van der Waals surface area contributed by atoms with Crippen molar-refractivity contribution in [1.29, 1.82) is 0 Å². The number of aromatic nitrogens is 2. The van der Waals surface area contributed by atoms with Crippen molar-refractivity contribution >= 4 is 17.5 Å². The summed E-state index contributed by atoms with van der Waals surface area (Å²) in [6.07, 6.45) is 0.813. The van der Waals surface area contributed by atoms with Crippen molar-refractivity contribution in [3.63, 3.8) is 0 Å². The average Bonchev–Trinajstić information content (AvgIpc) is 3.23. The molecule has 156 valence electrons. The van der Waals surface area contributed by atoms with Crippen molar-refractivity contribution in [1.82, 2.24) is 15.5 Å². The van der Waals surface area contributed by atoms with Crippen molar-refractivity contribution in [2.75, 3.05) is 11.9 Å². The molecule has 3 rings (SSSR count). The van der Waals surface area contributed by atoms with E-state index in [1.165, 1.54) is 0 Å². The predicted molar refractivity (Wildman–Crippen MR) is 115 cm³/mol. The standard InChI is InChI=1S/C23H26N4O3/c1-15(2)21-26-23(30-27-21)18-12-7-9-16(3)20(18)25-19(28)13-8-14-24-22(29)17-10-5-4-6-11-17/h4-7,9-12,15H,8,13-14H2,1-3H3,(H,24,29)(H,25,28). The van der Waals surface area contributed by atoms with Crippen LogP contribution in [0.3, 0.4) is 0 Å². The number of hydrogen-bond donors (Lipinski definition) is 2. The van der Waals surface area contributed by atoms with Gasteiger partial charge in [0.05, 0.1) is 11.3 Å². The first kappa shape index (κ1) is 21.2. The summed E-state index contributed by atoms with van der Waals surface area (Å²) >= 11 is 0. The minimum atomic E-state index is -0.144. The number of aryl methyl sites for hydroxylation is 1. The molecule has 3 aromatic rings. The molecule has 30 heavy (non-hydrogen) atoms. The number of para-hydroxylation sites is 1.